The summed E-state index contributed by atoms with van der Waals surface area (Å²) in [6, 6.07) is 10.9. The van der Waals surface area contributed by atoms with Gasteiger partial charge >= 0.3 is 12.0 Å². The first-order valence-electron chi connectivity index (χ1n) is 11.0. The Bertz CT molecular complexity index is 1180. The Hall–Kier alpha value is -4.14. The zero-order chi connectivity index (χ0) is 25.8. The number of esters is 1. The van der Waals surface area contributed by atoms with E-state index in [0.717, 1.165) is 10.5 Å². The largest absolute Gasteiger partial charge is 0.493 e. The van der Waals surface area contributed by atoms with E-state index in [9.17, 15) is 19.2 Å². The van der Waals surface area contributed by atoms with Crippen LogP contribution in [0.3, 0.4) is 0 Å². The highest BCUT2D eigenvalue weighted by molar-refractivity contribution is 6.39. The Morgan fingerprint density at radius 1 is 1.03 bits per heavy atom. The minimum Gasteiger partial charge on any atom is -0.493 e. The predicted molar refractivity (Wildman–Crippen MR) is 129 cm³/mol. The number of anilines is 1. The Morgan fingerprint density at radius 2 is 1.71 bits per heavy atom. The maximum Gasteiger partial charge on any atom is 0.344 e. The molecular weight excluding hydrogens is 452 g/mol. The van der Waals surface area contributed by atoms with Gasteiger partial charge in [0.1, 0.15) is 5.57 Å². The van der Waals surface area contributed by atoms with E-state index in [1.165, 1.54) is 13.2 Å². The van der Waals surface area contributed by atoms with Crippen LogP contribution in [0.1, 0.15) is 38.8 Å². The van der Waals surface area contributed by atoms with Crippen molar-refractivity contribution >= 4 is 35.6 Å². The average Bonchev–Trinajstić information content (AvgIpc) is 2.80. The van der Waals surface area contributed by atoms with E-state index >= 15 is 0 Å². The standard InChI is InChI=1S/C26H28N2O7/c1-6-34-22(29)15-35-20-12-7-16(14-21(20)33-5)13-19-23(30)27-25(32)28(24(19)31)18-10-8-17(9-11-18)26(2,3)4/h7-14H,6,15H2,1-5H3,(H,27,30,32). The molecule has 0 aromatic heterocycles. The van der Waals surface area contributed by atoms with Crippen molar-refractivity contribution in [3.05, 3.63) is 59.2 Å². The Kier molecular flexibility index (Phi) is 7.58. The van der Waals surface area contributed by atoms with Crippen molar-refractivity contribution in [1.82, 2.24) is 5.32 Å². The lowest BCUT2D eigenvalue weighted by molar-refractivity contribution is -0.145. The molecule has 1 saturated heterocycles. The lowest BCUT2D eigenvalue weighted by atomic mass is 9.87. The van der Waals surface area contributed by atoms with Gasteiger partial charge in [-0.25, -0.2) is 14.5 Å². The Balaban J connectivity index is 1.88. The molecule has 0 saturated carbocycles. The summed E-state index contributed by atoms with van der Waals surface area (Å²) in [6.07, 6.45) is 1.36. The van der Waals surface area contributed by atoms with E-state index in [-0.39, 0.29) is 35.7 Å². The van der Waals surface area contributed by atoms with Crippen molar-refractivity contribution < 1.29 is 33.4 Å². The van der Waals surface area contributed by atoms with E-state index < -0.39 is 23.8 Å². The van der Waals surface area contributed by atoms with Crippen molar-refractivity contribution in [3.63, 3.8) is 0 Å². The third-order valence-electron chi connectivity index (χ3n) is 5.24. The molecule has 35 heavy (non-hydrogen) atoms. The summed E-state index contributed by atoms with van der Waals surface area (Å²) >= 11 is 0. The molecule has 1 fully saturated rings. The molecule has 2 aromatic rings. The Morgan fingerprint density at radius 3 is 2.31 bits per heavy atom. The first-order chi connectivity index (χ1) is 16.5. The summed E-state index contributed by atoms with van der Waals surface area (Å²) in [5, 5.41) is 2.21. The summed E-state index contributed by atoms with van der Waals surface area (Å²) in [5.74, 6) is -1.49. The molecule has 0 unspecified atom stereocenters. The molecule has 184 valence electrons. The van der Waals surface area contributed by atoms with E-state index in [0.29, 0.717) is 11.3 Å². The average molecular weight is 481 g/mol. The number of urea groups is 1. The van der Waals surface area contributed by atoms with Crippen LogP contribution in [0.25, 0.3) is 6.08 Å². The van der Waals surface area contributed by atoms with Gasteiger partial charge in [-0.2, -0.15) is 0 Å². The fourth-order valence-electron chi connectivity index (χ4n) is 3.40. The van der Waals surface area contributed by atoms with E-state index in [1.807, 2.05) is 12.1 Å². The number of rotatable bonds is 7. The summed E-state index contributed by atoms with van der Waals surface area (Å²) in [4.78, 5) is 50.6. The molecule has 1 aliphatic heterocycles. The lowest BCUT2D eigenvalue weighted by Crippen LogP contribution is -2.54. The van der Waals surface area contributed by atoms with Gasteiger partial charge in [-0.15, -0.1) is 0 Å². The summed E-state index contributed by atoms with van der Waals surface area (Å²) in [7, 11) is 1.42. The van der Waals surface area contributed by atoms with Gasteiger partial charge in [0.05, 0.1) is 19.4 Å². The van der Waals surface area contributed by atoms with E-state index in [1.54, 1.807) is 37.3 Å². The topological polar surface area (TPSA) is 111 Å². The number of ether oxygens (including phenoxy) is 3. The number of carbonyl (C=O) groups excluding carboxylic acids is 4. The highest BCUT2D eigenvalue weighted by atomic mass is 16.6. The molecule has 0 radical (unpaired) electrons. The maximum absolute atomic E-state index is 13.2. The quantitative estimate of drug-likeness (QED) is 0.366. The molecule has 0 spiro atoms. The molecular formula is C26H28N2O7. The molecule has 1 heterocycles. The third-order valence-corrected chi connectivity index (χ3v) is 5.24. The highest BCUT2D eigenvalue weighted by Gasteiger charge is 2.37. The second-order valence-electron chi connectivity index (χ2n) is 8.76. The normalized spacial score (nSPS) is 15.2. The van der Waals surface area contributed by atoms with Crippen molar-refractivity contribution in [1.29, 1.82) is 0 Å². The number of barbiturate groups is 1. The molecule has 1 aliphatic rings. The van der Waals surface area contributed by atoms with Crippen LogP contribution < -0.4 is 19.7 Å². The SMILES string of the molecule is CCOC(=O)COc1ccc(C=C2C(=O)NC(=O)N(c3ccc(C(C)(C)C)cc3)C2=O)cc1OC. The van der Waals surface area contributed by atoms with Gasteiger partial charge in [0.25, 0.3) is 11.8 Å². The zero-order valence-corrected chi connectivity index (χ0v) is 20.3. The molecule has 0 bridgehead atoms. The fourth-order valence-corrected chi connectivity index (χ4v) is 3.40. The van der Waals surface area contributed by atoms with Gasteiger partial charge in [-0.05, 0) is 53.8 Å². The van der Waals surface area contributed by atoms with Crippen molar-refractivity contribution in [3.8, 4) is 11.5 Å². The molecule has 9 nitrogen and oxygen atoms in total. The number of nitrogens with one attached hydrogen (secondary N) is 1. The lowest BCUT2D eigenvalue weighted by Gasteiger charge is -2.27. The number of carbonyl (C=O) groups is 4. The van der Waals surface area contributed by atoms with Gasteiger partial charge < -0.3 is 14.2 Å². The fraction of sp³-hybridized carbons (Fsp3) is 0.308. The third kappa shape index (κ3) is 5.87. The first-order valence-corrected chi connectivity index (χ1v) is 11.0. The number of hydrogen-bond acceptors (Lipinski definition) is 7. The van der Waals surface area contributed by atoms with E-state index in [2.05, 4.69) is 26.1 Å². The molecule has 0 atom stereocenters. The molecule has 4 amide bonds. The predicted octanol–water partition coefficient (Wildman–Crippen LogP) is 3.60. The van der Waals surface area contributed by atoms with Crippen molar-refractivity contribution in [2.75, 3.05) is 25.2 Å². The minimum atomic E-state index is -0.819. The molecule has 3 rings (SSSR count). The van der Waals surface area contributed by atoms with Gasteiger partial charge in [0.15, 0.2) is 18.1 Å². The smallest absolute Gasteiger partial charge is 0.344 e. The highest BCUT2D eigenvalue weighted by Crippen LogP contribution is 2.30. The molecule has 2 aromatic carbocycles. The molecule has 1 N–H and O–H groups in total. The minimum absolute atomic E-state index is 0.0982. The van der Waals surface area contributed by atoms with Crippen LogP contribution in [0.4, 0.5) is 10.5 Å². The number of hydrogen-bond donors (Lipinski definition) is 1. The van der Waals surface area contributed by atoms with Gasteiger partial charge in [-0.1, -0.05) is 39.0 Å². The van der Waals surface area contributed by atoms with Crippen LogP contribution >= 0.6 is 0 Å². The summed E-state index contributed by atoms with van der Waals surface area (Å²) < 4.78 is 15.6. The van der Waals surface area contributed by atoms with Crippen molar-refractivity contribution in [2.24, 2.45) is 0 Å². The zero-order valence-electron chi connectivity index (χ0n) is 20.3. The maximum atomic E-state index is 13.2. The summed E-state index contributed by atoms with van der Waals surface area (Å²) in [6.45, 7) is 7.81. The number of benzene rings is 2. The van der Waals surface area contributed by atoms with Gasteiger partial charge in [0, 0.05) is 0 Å². The second-order valence-corrected chi connectivity index (χ2v) is 8.76. The van der Waals surface area contributed by atoms with Crippen LogP contribution in [0.15, 0.2) is 48.0 Å². The van der Waals surface area contributed by atoms with Crippen LogP contribution in [0, 0.1) is 0 Å². The van der Waals surface area contributed by atoms with Crippen LogP contribution in [-0.2, 0) is 24.5 Å². The van der Waals surface area contributed by atoms with Gasteiger partial charge in [0.2, 0.25) is 0 Å². The van der Waals surface area contributed by atoms with Crippen LogP contribution in [0.5, 0.6) is 11.5 Å². The number of imide groups is 2. The monoisotopic (exact) mass is 480 g/mol. The molecule has 0 aliphatic carbocycles. The van der Waals surface area contributed by atoms with Gasteiger partial charge in [-0.3, -0.25) is 14.9 Å². The van der Waals surface area contributed by atoms with Crippen molar-refractivity contribution in [2.45, 2.75) is 33.1 Å². The number of amides is 4. The summed E-state index contributed by atoms with van der Waals surface area (Å²) in [5.41, 5.74) is 1.53. The Labute approximate surface area is 203 Å². The second kappa shape index (κ2) is 10.4. The first kappa shape index (κ1) is 25.5. The molecule has 9 heteroatoms. The number of nitrogens with zero attached hydrogens (tertiary/aromatic N) is 1. The van der Waals surface area contributed by atoms with Crippen LogP contribution in [0.2, 0.25) is 0 Å². The van der Waals surface area contributed by atoms with Crippen LogP contribution in [-0.4, -0.2) is 44.1 Å². The number of methoxy groups -OCH3 is 1. The van der Waals surface area contributed by atoms with E-state index in [4.69, 9.17) is 14.2 Å².